The number of aryl methyl sites for hydroxylation is 1. The molecular weight excluding hydrogens is 337 g/mol. The summed E-state index contributed by atoms with van der Waals surface area (Å²) >= 11 is 0. The van der Waals surface area contributed by atoms with Crippen molar-refractivity contribution in [1.29, 1.82) is 0 Å². The van der Waals surface area contributed by atoms with Crippen LogP contribution in [-0.2, 0) is 17.8 Å². The van der Waals surface area contributed by atoms with E-state index in [1.54, 1.807) is 36.4 Å². The second kappa shape index (κ2) is 7.77. The van der Waals surface area contributed by atoms with Crippen LogP contribution in [0.15, 0.2) is 58.1 Å². The average molecular weight is 355 g/mol. The molecule has 7 heteroatoms. The lowest BCUT2D eigenvalue weighted by molar-refractivity contribution is -0.121. The summed E-state index contributed by atoms with van der Waals surface area (Å²) in [4.78, 5) is 38.1. The molecule has 0 bridgehead atoms. The number of nitrogens with zero attached hydrogens (tertiary/aromatic N) is 1. The molecule has 2 aromatic carbocycles. The Morgan fingerprint density at radius 2 is 1.92 bits per heavy atom. The summed E-state index contributed by atoms with van der Waals surface area (Å²) in [5.74, 6) is -0.526. The quantitative estimate of drug-likeness (QED) is 0.704. The molecule has 0 saturated carbocycles. The van der Waals surface area contributed by atoms with E-state index in [0.717, 1.165) is 5.56 Å². The minimum Gasteiger partial charge on any atom is -0.356 e. The third-order valence-electron chi connectivity index (χ3n) is 4.09. The Bertz CT molecular complexity index is 1060. The third-order valence-corrected chi connectivity index (χ3v) is 4.09. The van der Waals surface area contributed by atoms with Gasteiger partial charge in [0, 0.05) is 19.5 Å². The smallest absolute Gasteiger partial charge is 0.328 e. The fourth-order valence-corrected chi connectivity index (χ4v) is 2.80. The van der Waals surface area contributed by atoms with Gasteiger partial charge in [0.15, 0.2) is 0 Å². The molecule has 3 rings (SSSR count). The summed E-state index contributed by atoms with van der Waals surface area (Å²) in [5, 5.41) is 3.15. The van der Waals surface area contributed by atoms with Crippen LogP contribution in [0.25, 0.3) is 10.9 Å². The zero-order chi connectivity index (χ0) is 18.5. The average Bonchev–Trinajstić information content (AvgIpc) is 2.61. The number of carbonyl (C=O) groups excluding carboxylic acids is 1. The number of benzene rings is 2. The molecule has 0 fully saturated rings. The van der Waals surface area contributed by atoms with Crippen LogP contribution in [0, 0.1) is 5.82 Å². The van der Waals surface area contributed by atoms with Crippen LogP contribution in [0.1, 0.15) is 12.0 Å². The molecule has 0 aliphatic carbocycles. The second-order valence-corrected chi connectivity index (χ2v) is 5.91. The topological polar surface area (TPSA) is 84.0 Å². The predicted molar refractivity (Wildman–Crippen MR) is 96.6 cm³/mol. The van der Waals surface area contributed by atoms with Gasteiger partial charge in [-0.15, -0.1) is 0 Å². The summed E-state index contributed by atoms with van der Waals surface area (Å²) in [6.45, 7) is 0.533. The number of para-hydroxylation sites is 1. The molecule has 0 atom stereocenters. The number of hydrogen-bond donors (Lipinski definition) is 2. The number of nitrogens with one attached hydrogen (secondary N) is 2. The minimum atomic E-state index is -0.540. The number of halogens is 1. The predicted octanol–water partition coefficient (Wildman–Crippen LogP) is 1.58. The van der Waals surface area contributed by atoms with Gasteiger partial charge in [-0.05, 0) is 36.2 Å². The normalized spacial score (nSPS) is 10.8. The van der Waals surface area contributed by atoms with E-state index in [4.69, 9.17) is 0 Å². The Labute approximate surface area is 148 Å². The number of amides is 1. The van der Waals surface area contributed by atoms with Crippen molar-refractivity contribution >= 4 is 16.8 Å². The van der Waals surface area contributed by atoms with Crippen molar-refractivity contribution < 1.29 is 9.18 Å². The largest absolute Gasteiger partial charge is 0.356 e. The highest BCUT2D eigenvalue weighted by Crippen LogP contribution is 2.07. The number of aromatic nitrogens is 2. The van der Waals surface area contributed by atoms with Crippen molar-refractivity contribution in [3.63, 3.8) is 0 Å². The van der Waals surface area contributed by atoms with Gasteiger partial charge in [-0.25, -0.2) is 9.18 Å². The Morgan fingerprint density at radius 1 is 1.12 bits per heavy atom. The van der Waals surface area contributed by atoms with E-state index in [1.165, 1.54) is 16.7 Å². The van der Waals surface area contributed by atoms with E-state index in [0.29, 0.717) is 23.9 Å². The lowest BCUT2D eigenvalue weighted by Crippen LogP contribution is -2.33. The van der Waals surface area contributed by atoms with Crippen LogP contribution in [0.5, 0.6) is 0 Å². The third kappa shape index (κ3) is 4.05. The molecule has 0 radical (unpaired) electrons. The second-order valence-electron chi connectivity index (χ2n) is 5.91. The number of aromatic amines is 1. The minimum absolute atomic E-state index is 0.0963. The summed E-state index contributed by atoms with van der Waals surface area (Å²) in [6, 6.07) is 13.0. The van der Waals surface area contributed by atoms with Gasteiger partial charge in [-0.3, -0.25) is 19.1 Å². The lowest BCUT2D eigenvalue weighted by atomic mass is 10.1. The monoisotopic (exact) mass is 355 g/mol. The summed E-state index contributed by atoms with van der Waals surface area (Å²) in [6.07, 6.45) is 0.615. The Morgan fingerprint density at radius 3 is 2.73 bits per heavy atom. The van der Waals surface area contributed by atoms with Crippen molar-refractivity contribution in [2.75, 3.05) is 6.54 Å². The first-order valence-electron chi connectivity index (χ1n) is 8.27. The van der Waals surface area contributed by atoms with E-state index in [1.807, 2.05) is 0 Å². The number of fused-ring (bicyclic) bond motifs is 1. The van der Waals surface area contributed by atoms with Gasteiger partial charge in [0.05, 0.1) is 10.9 Å². The fourth-order valence-electron chi connectivity index (χ4n) is 2.80. The molecule has 26 heavy (non-hydrogen) atoms. The molecule has 2 N–H and O–H groups in total. The first-order chi connectivity index (χ1) is 12.5. The molecule has 6 nitrogen and oxygen atoms in total. The molecule has 0 unspecified atom stereocenters. The highest BCUT2D eigenvalue weighted by Gasteiger charge is 2.09. The van der Waals surface area contributed by atoms with E-state index < -0.39 is 11.2 Å². The summed E-state index contributed by atoms with van der Waals surface area (Å²) in [5.41, 5.74) is 0.310. The lowest BCUT2D eigenvalue weighted by Gasteiger charge is -2.10. The standard InChI is InChI=1S/C19H18FN3O3/c20-14-5-3-4-13(12-14)8-10-21-17(24)9-11-23-16-7-2-1-6-15(16)18(25)22-19(23)26/h1-7,12H,8-11H2,(H,21,24)(H,22,25,26). The first kappa shape index (κ1) is 17.6. The highest BCUT2D eigenvalue weighted by molar-refractivity contribution is 5.78. The zero-order valence-electron chi connectivity index (χ0n) is 14.0. The van der Waals surface area contributed by atoms with Gasteiger partial charge >= 0.3 is 5.69 Å². The van der Waals surface area contributed by atoms with Crippen molar-refractivity contribution in [2.45, 2.75) is 19.4 Å². The van der Waals surface area contributed by atoms with Gasteiger partial charge in [0.25, 0.3) is 5.56 Å². The molecule has 1 amide bonds. The Hall–Kier alpha value is -3.22. The maximum absolute atomic E-state index is 13.1. The van der Waals surface area contributed by atoms with Crippen LogP contribution in [0.2, 0.25) is 0 Å². The van der Waals surface area contributed by atoms with E-state index in [9.17, 15) is 18.8 Å². The van der Waals surface area contributed by atoms with Gasteiger partial charge in [0.2, 0.25) is 5.91 Å². The summed E-state index contributed by atoms with van der Waals surface area (Å²) in [7, 11) is 0. The highest BCUT2D eigenvalue weighted by atomic mass is 19.1. The molecule has 0 spiro atoms. The number of carbonyl (C=O) groups is 1. The van der Waals surface area contributed by atoms with Gasteiger partial charge in [-0.1, -0.05) is 24.3 Å². The van der Waals surface area contributed by atoms with Crippen molar-refractivity contribution in [3.8, 4) is 0 Å². The van der Waals surface area contributed by atoms with Crippen LogP contribution < -0.4 is 16.6 Å². The Balaban J connectivity index is 1.61. The van der Waals surface area contributed by atoms with E-state index in [2.05, 4.69) is 10.3 Å². The molecule has 1 heterocycles. The maximum atomic E-state index is 13.1. The first-order valence-corrected chi connectivity index (χ1v) is 8.27. The van der Waals surface area contributed by atoms with Crippen molar-refractivity contribution in [1.82, 2.24) is 14.9 Å². The van der Waals surface area contributed by atoms with Crippen molar-refractivity contribution in [3.05, 3.63) is 80.7 Å². The number of H-pyrrole nitrogens is 1. The maximum Gasteiger partial charge on any atom is 0.328 e. The molecule has 134 valence electrons. The van der Waals surface area contributed by atoms with Gasteiger partial charge in [0.1, 0.15) is 5.82 Å². The van der Waals surface area contributed by atoms with Gasteiger partial charge < -0.3 is 5.32 Å². The van der Waals surface area contributed by atoms with Crippen molar-refractivity contribution in [2.24, 2.45) is 0 Å². The molecule has 0 aliphatic heterocycles. The molecule has 0 saturated heterocycles. The van der Waals surface area contributed by atoms with Crippen LogP contribution in [-0.4, -0.2) is 22.0 Å². The van der Waals surface area contributed by atoms with E-state index in [-0.39, 0.29) is 24.7 Å². The molecule has 3 aromatic rings. The fraction of sp³-hybridized carbons (Fsp3) is 0.211. The van der Waals surface area contributed by atoms with Crippen LogP contribution >= 0.6 is 0 Å². The van der Waals surface area contributed by atoms with Gasteiger partial charge in [-0.2, -0.15) is 0 Å². The number of hydrogen-bond acceptors (Lipinski definition) is 3. The van der Waals surface area contributed by atoms with Crippen LogP contribution in [0.4, 0.5) is 4.39 Å². The zero-order valence-corrected chi connectivity index (χ0v) is 14.0. The molecular formula is C19H18FN3O3. The Kier molecular flexibility index (Phi) is 5.26. The molecule has 1 aromatic heterocycles. The van der Waals surface area contributed by atoms with Crippen LogP contribution in [0.3, 0.4) is 0 Å². The molecule has 0 aliphatic rings. The number of rotatable bonds is 6. The SMILES string of the molecule is O=C(CCn1c(=O)[nH]c(=O)c2ccccc21)NCCc1cccc(F)c1. The summed E-state index contributed by atoms with van der Waals surface area (Å²) < 4.78 is 14.5. The van der Waals surface area contributed by atoms with E-state index >= 15 is 0 Å².